The molecule has 1 atom stereocenters. The number of nitrogens with zero attached hydrogens (tertiary/aromatic N) is 1. The number of nitrogens with two attached hydrogens (primary N) is 1. The molecule has 0 aliphatic rings. The van der Waals surface area contributed by atoms with Crippen molar-refractivity contribution in [3.05, 3.63) is 44.8 Å². The van der Waals surface area contributed by atoms with Crippen molar-refractivity contribution in [2.75, 3.05) is 13.1 Å². The zero-order valence-corrected chi connectivity index (χ0v) is 12.6. The van der Waals surface area contributed by atoms with Crippen molar-refractivity contribution in [3.63, 3.8) is 0 Å². The van der Waals surface area contributed by atoms with Gasteiger partial charge in [0.1, 0.15) is 0 Å². The van der Waals surface area contributed by atoms with E-state index in [1.807, 2.05) is 0 Å². The van der Waals surface area contributed by atoms with E-state index in [4.69, 9.17) is 5.73 Å². The molecule has 0 radical (unpaired) electrons. The van der Waals surface area contributed by atoms with Crippen LogP contribution in [-0.4, -0.2) is 19.0 Å². The number of hydrogen-bond acceptors (Lipinski definition) is 3. The second-order valence-corrected chi connectivity index (χ2v) is 6.25. The summed E-state index contributed by atoms with van der Waals surface area (Å²) in [6.07, 6.45) is 0.994. The van der Waals surface area contributed by atoms with E-state index in [0.717, 1.165) is 19.5 Å². The minimum atomic E-state index is 0.420. The van der Waals surface area contributed by atoms with E-state index in [1.165, 1.54) is 10.4 Å². The van der Waals surface area contributed by atoms with E-state index in [-0.39, 0.29) is 0 Å². The largest absolute Gasteiger partial charge is 0.370 e. The number of guanidine groups is 1. The lowest BCUT2D eigenvalue weighted by atomic mass is 10.1. The highest BCUT2D eigenvalue weighted by Crippen LogP contribution is 2.18. The number of rotatable bonds is 6. The van der Waals surface area contributed by atoms with Gasteiger partial charge in [0.05, 0.1) is 0 Å². The summed E-state index contributed by atoms with van der Waals surface area (Å²) in [5.41, 5.74) is 7.19. The van der Waals surface area contributed by atoms with Crippen molar-refractivity contribution >= 4 is 28.6 Å². The van der Waals surface area contributed by atoms with Crippen LogP contribution in [0.3, 0.4) is 0 Å². The Labute approximate surface area is 122 Å². The average Bonchev–Trinajstić information content (AvgIpc) is 3.08. The lowest BCUT2D eigenvalue weighted by Gasteiger charge is -2.08. The summed E-state index contributed by atoms with van der Waals surface area (Å²) < 4.78 is 0. The summed E-state index contributed by atoms with van der Waals surface area (Å²) >= 11 is 3.49. The molecular formula is C14H19N3S2. The average molecular weight is 293 g/mol. The van der Waals surface area contributed by atoms with Gasteiger partial charge in [0.15, 0.2) is 5.96 Å². The van der Waals surface area contributed by atoms with Gasteiger partial charge in [-0.25, -0.2) is 0 Å². The van der Waals surface area contributed by atoms with Crippen molar-refractivity contribution in [3.8, 4) is 0 Å². The van der Waals surface area contributed by atoms with Crippen molar-refractivity contribution < 1.29 is 0 Å². The number of nitrogens with one attached hydrogen (secondary N) is 1. The van der Waals surface area contributed by atoms with Gasteiger partial charge in [0.25, 0.3) is 0 Å². The predicted octanol–water partition coefficient (Wildman–Crippen LogP) is 3.06. The SMILES string of the molecule is CC(CN=C(N)NCCc1cccs1)c1ccsc1. The molecule has 2 aromatic heterocycles. The molecule has 0 saturated heterocycles. The Kier molecular flexibility index (Phi) is 5.42. The number of thiophene rings is 2. The molecule has 2 aromatic rings. The molecule has 0 aliphatic carbocycles. The topological polar surface area (TPSA) is 50.4 Å². The summed E-state index contributed by atoms with van der Waals surface area (Å²) in [5, 5.41) is 9.51. The first-order valence-corrected chi connectivity index (χ1v) is 8.16. The highest BCUT2D eigenvalue weighted by Gasteiger charge is 2.04. The Morgan fingerprint density at radius 2 is 2.32 bits per heavy atom. The third-order valence-electron chi connectivity index (χ3n) is 2.91. The quantitative estimate of drug-likeness (QED) is 0.635. The third-order valence-corrected chi connectivity index (χ3v) is 4.54. The van der Waals surface area contributed by atoms with Crippen LogP contribution < -0.4 is 11.1 Å². The van der Waals surface area contributed by atoms with Gasteiger partial charge >= 0.3 is 0 Å². The number of hydrogen-bond donors (Lipinski definition) is 2. The molecule has 0 amide bonds. The van der Waals surface area contributed by atoms with Crippen LogP contribution >= 0.6 is 22.7 Å². The fourth-order valence-corrected chi connectivity index (χ4v) is 3.21. The van der Waals surface area contributed by atoms with Gasteiger partial charge in [0, 0.05) is 23.9 Å². The second kappa shape index (κ2) is 7.31. The monoisotopic (exact) mass is 293 g/mol. The Bertz CT molecular complexity index is 489. The van der Waals surface area contributed by atoms with E-state index in [1.54, 1.807) is 22.7 Å². The molecule has 0 spiro atoms. The molecule has 5 heteroatoms. The molecule has 2 heterocycles. The van der Waals surface area contributed by atoms with E-state index in [2.05, 4.69) is 51.6 Å². The molecule has 3 N–H and O–H groups in total. The first-order valence-electron chi connectivity index (χ1n) is 6.34. The second-order valence-electron chi connectivity index (χ2n) is 4.44. The molecule has 0 fully saturated rings. The lowest BCUT2D eigenvalue weighted by molar-refractivity contribution is 0.766. The molecule has 0 aliphatic heterocycles. The zero-order chi connectivity index (χ0) is 13.5. The van der Waals surface area contributed by atoms with Gasteiger partial charge in [-0.3, -0.25) is 4.99 Å². The maximum atomic E-state index is 5.86. The molecule has 19 heavy (non-hydrogen) atoms. The Morgan fingerprint density at radius 3 is 3.00 bits per heavy atom. The minimum Gasteiger partial charge on any atom is -0.370 e. The maximum absolute atomic E-state index is 5.86. The lowest BCUT2D eigenvalue weighted by Crippen LogP contribution is -2.33. The van der Waals surface area contributed by atoms with E-state index in [9.17, 15) is 0 Å². The highest BCUT2D eigenvalue weighted by atomic mass is 32.1. The van der Waals surface area contributed by atoms with E-state index in [0.29, 0.717) is 11.9 Å². The van der Waals surface area contributed by atoms with Gasteiger partial charge in [-0.1, -0.05) is 13.0 Å². The molecular weight excluding hydrogens is 274 g/mol. The zero-order valence-electron chi connectivity index (χ0n) is 11.0. The molecule has 0 aromatic carbocycles. The van der Waals surface area contributed by atoms with Crippen LogP contribution in [0, 0.1) is 0 Å². The first-order chi connectivity index (χ1) is 9.25. The summed E-state index contributed by atoms with van der Waals surface area (Å²) in [4.78, 5) is 5.76. The van der Waals surface area contributed by atoms with Gasteiger partial charge in [-0.15, -0.1) is 11.3 Å². The van der Waals surface area contributed by atoms with Gasteiger partial charge < -0.3 is 11.1 Å². The molecule has 0 saturated carbocycles. The first kappa shape index (κ1) is 14.1. The standard InChI is InChI=1S/C14H19N3S2/c1-11(12-5-8-18-10-12)9-17-14(15)16-6-4-13-3-2-7-19-13/h2-3,5,7-8,10-11H,4,6,9H2,1H3,(H3,15,16,17). The van der Waals surface area contributed by atoms with Crippen LogP contribution in [0.1, 0.15) is 23.3 Å². The Morgan fingerprint density at radius 1 is 1.42 bits per heavy atom. The van der Waals surface area contributed by atoms with Crippen LogP contribution in [-0.2, 0) is 6.42 Å². The van der Waals surface area contributed by atoms with Crippen molar-refractivity contribution in [2.24, 2.45) is 10.7 Å². The Balaban J connectivity index is 1.70. The maximum Gasteiger partial charge on any atom is 0.188 e. The molecule has 3 nitrogen and oxygen atoms in total. The summed E-state index contributed by atoms with van der Waals surface area (Å²) in [6.45, 7) is 3.74. The van der Waals surface area contributed by atoms with Gasteiger partial charge in [-0.05, 0) is 40.3 Å². The summed E-state index contributed by atoms with van der Waals surface area (Å²) in [6, 6.07) is 6.35. The summed E-state index contributed by atoms with van der Waals surface area (Å²) in [5.74, 6) is 0.961. The van der Waals surface area contributed by atoms with Crippen LogP contribution in [0.25, 0.3) is 0 Å². The summed E-state index contributed by atoms with van der Waals surface area (Å²) in [7, 11) is 0. The normalized spacial score (nSPS) is 13.4. The third kappa shape index (κ3) is 4.69. The molecule has 102 valence electrons. The van der Waals surface area contributed by atoms with Gasteiger partial charge in [-0.2, -0.15) is 11.3 Å². The van der Waals surface area contributed by atoms with Crippen molar-refractivity contribution in [1.29, 1.82) is 0 Å². The van der Waals surface area contributed by atoms with Crippen LogP contribution in [0.4, 0.5) is 0 Å². The fourth-order valence-electron chi connectivity index (χ4n) is 1.72. The van der Waals surface area contributed by atoms with E-state index >= 15 is 0 Å². The molecule has 1 unspecified atom stereocenters. The Hall–Kier alpha value is -1.33. The number of aliphatic imine (C=N–C) groups is 1. The molecule has 0 bridgehead atoms. The van der Waals surface area contributed by atoms with Gasteiger partial charge in [0.2, 0.25) is 0 Å². The van der Waals surface area contributed by atoms with Crippen molar-refractivity contribution in [2.45, 2.75) is 19.3 Å². The van der Waals surface area contributed by atoms with E-state index < -0.39 is 0 Å². The van der Waals surface area contributed by atoms with Crippen LogP contribution in [0.15, 0.2) is 39.3 Å². The van der Waals surface area contributed by atoms with Crippen LogP contribution in [0.2, 0.25) is 0 Å². The predicted molar refractivity (Wildman–Crippen MR) is 85.2 cm³/mol. The molecule has 2 rings (SSSR count). The van der Waals surface area contributed by atoms with Crippen LogP contribution in [0.5, 0.6) is 0 Å². The minimum absolute atomic E-state index is 0.420. The van der Waals surface area contributed by atoms with Crippen molar-refractivity contribution in [1.82, 2.24) is 5.32 Å². The fraction of sp³-hybridized carbons (Fsp3) is 0.357. The smallest absolute Gasteiger partial charge is 0.188 e. The highest BCUT2D eigenvalue weighted by molar-refractivity contribution is 7.09.